The smallest absolute Gasteiger partial charge is 0.285 e. The predicted molar refractivity (Wildman–Crippen MR) is 60.9 cm³/mol. The molecule has 0 aliphatic rings. The number of nitrogens with one attached hydrogen (secondary N) is 1. The lowest BCUT2D eigenvalue weighted by molar-refractivity contribution is 0.0946. The van der Waals surface area contributed by atoms with Crippen LogP contribution in [0, 0.1) is 11.6 Å². The standard InChI is InChI=1S/C11H10F2N4O2/c12-7-1-2-10(8(13)5-7)19-6-17-4-3-9(16-17)11(18)15-14/h1-5H,6,14H2,(H,15,18). The highest BCUT2D eigenvalue weighted by Crippen LogP contribution is 2.17. The summed E-state index contributed by atoms with van der Waals surface area (Å²) in [5.74, 6) is 2.79. The van der Waals surface area contributed by atoms with Crippen molar-refractivity contribution < 1.29 is 18.3 Å². The summed E-state index contributed by atoms with van der Waals surface area (Å²) < 4.78 is 32.3. The van der Waals surface area contributed by atoms with Gasteiger partial charge in [-0.2, -0.15) is 5.10 Å². The average molecular weight is 268 g/mol. The summed E-state index contributed by atoms with van der Waals surface area (Å²) >= 11 is 0. The molecule has 100 valence electrons. The zero-order chi connectivity index (χ0) is 13.8. The third-order valence-electron chi connectivity index (χ3n) is 2.25. The average Bonchev–Trinajstić information content (AvgIpc) is 2.85. The molecule has 0 saturated carbocycles. The molecule has 1 aromatic heterocycles. The normalized spacial score (nSPS) is 10.3. The fourth-order valence-corrected chi connectivity index (χ4v) is 1.36. The molecule has 8 heteroatoms. The summed E-state index contributed by atoms with van der Waals surface area (Å²) in [6, 6.07) is 4.38. The number of amides is 1. The lowest BCUT2D eigenvalue weighted by Crippen LogP contribution is -2.30. The first kappa shape index (κ1) is 13.0. The van der Waals surface area contributed by atoms with Gasteiger partial charge in [0.2, 0.25) is 0 Å². The summed E-state index contributed by atoms with van der Waals surface area (Å²) in [6.07, 6.45) is 1.46. The number of rotatable bonds is 4. The van der Waals surface area contributed by atoms with Crippen molar-refractivity contribution >= 4 is 5.91 Å². The molecule has 0 radical (unpaired) electrons. The van der Waals surface area contributed by atoms with Crippen molar-refractivity contribution in [2.24, 2.45) is 5.84 Å². The lowest BCUT2D eigenvalue weighted by Gasteiger charge is -2.06. The number of aromatic nitrogens is 2. The summed E-state index contributed by atoms with van der Waals surface area (Å²) in [5, 5.41) is 3.85. The van der Waals surface area contributed by atoms with Gasteiger partial charge in [0.25, 0.3) is 5.91 Å². The van der Waals surface area contributed by atoms with Crippen molar-refractivity contribution in [3.8, 4) is 5.75 Å². The molecule has 1 amide bonds. The first-order valence-electron chi connectivity index (χ1n) is 5.22. The van der Waals surface area contributed by atoms with E-state index in [4.69, 9.17) is 10.6 Å². The van der Waals surface area contributed by atoms with Crippen LogP contribution in [0.2, 0.25) is 0 Å². The fourth-order valence-electron chi connectivity index (χ4n) is 1.36. The molecule has 0 saturated heterocycles. The third-order valence-corrected chi connectivity index (χ3v) is 2.25. The van der Waals surface area contributed by atoms with Gasteiger partial charge in [0.15, 0.2) is 24.0 Å². The van der Waals surface area contributed by atoms with E-state index in [0.717, 1.165) is 6.07 Å². The van der Waals surface area contributed by atoms with Crippen LogP contribution in [0.15, 0.2) is 30.5 Å². The Bertz CT molecular complexity index is 600. The Kier molecular flexibility index (Phi) is 3.71. The van der Waals surface area contributed by atoms with Gasteiger partial charge in [-0.1, -0.05) is 0 Å². The second-order valence-corrected chi connectivity index (χ2v) is 3.56. The first-order chi connectivity index (χ1) is 9.10. The highest BCUT2D eigenvalue weighted by molar-refractivity contribution is 5.91. The lowest BCUT2D eigenvalue weighted by atomic mass is 10.3. The van der Waals surface area contributed by atoms with E-state index < -0.39 is 17.5 Å². The number of nitrogens with two attached hydrogens (primary N) is 1. The summed E-state index contributed by atoms with van der Waals surface area (Å²) in [6.45, 7) is -0.125. The van der Waals surface area contributed by atoms with Crippen molar-refractivity contribution in [2.45, 2.75) is 6.73 Å². The van der Waals surface area contributed by atoms with E-state index in [0.29, 0.717) is 6.07 Å². The molecule has 1 aromatic carbocycles. The predicted octanol–water partition coefficient (Wildman–Crippen LogP) is 0.801. The molecule has 0 atom stereocenters. The molecule has 3 N–H and O–H groups in total. The van der Waals surface area contributed by atoms with Gasteiger partial charge in [-0.05, 0) is 18.2 Å². The number of hydrogen-bond acceptors (Lipinski definition) is 4. The van der Waals surface area contributed by atoms with Crippen LogP contribution in [0.5, 0.6) is 5.75 Å². The minimum Gasteiger partial charge on any atom is -0.468 e. The van der Waals surface area contributed by atoms with Gasteiger partial charge in [-0.15, -0.1) is 0 Å². The monoisotopic (exact) mass is 268 g/mol. The molecular weight excluding hydrogens is 258 g/mol. The number of nitrogen functional groups attached to an aromatic ring is 1. The summed E-state index contributed by atoms with van der Waals surface area (Å²) in [4.78, 5) is 11.1. The Morgan fingerprint density at radius 1 is 1.42 bits per heavy atom. The van der Waals surface area contributed by atoms with Gasteiger partial charge < -0.3 is 4.74 Å². The second kappa shape index (κ2) is 5.44. The topological polar surface area (TPSA) is 82.2 Å². The number of hydrazine groups is 1. The number of hydrogen-bond donors (Lipinski definition) is 2. The van der Waals surface area contributed by atoms with Crippen molar-refractivity contribution in [1.82, 2.24) is 15.2 Å². The Morgan fingerprint density at radius 2 is 2.21 bits per heavy atom. The molecule has 2 rings (SSSR count). The molecule has 0 spiro atoms. The SMILES string of the molecule is NNC(=O)c1ccn(COc2ccc(F)cc2F)n1. The minimum atomic E-state index is -0.813. The van der Waals surface area contributed by atoms with Gasteiger partial charge in [-0.25, -0.2) is 19.3 Å². The number of carbonyl (C=O) groups excluding carboxylic acids is 1. The van der Waals surface area contributed by atoms with E-state index in [2.05, 4.69) is 5.10 Å². The highest BCUT2D eigenvalue weighted by atomic mass is 19.1. The first-order valence-corrected chi connectivity index (χ1v) is 5.22. The van der Waals surface area contributed by atoms with Crippen LogP contribution < -0.4 is 16.0 Å². The molecule has 0 aliphatic carbocycles. The largest absolute Gasteiger partial charge is 0.468 e. The molecule has 0 aliphatic heterocycles. The van der Waals surface area contributed by atoms with E-state index in [1.54, 1.807) is 0 Å². The van der Waals surface area contributed by atoms with Crippen molar-refractivity contribution in [3.05, 3.63) is 47.8 Å². The van der Waals surface area contributed by atoms with Crippen LogP contribution in [-0.2, 0) is 6.73 Å². The maximum absolute atomic E-state index is 13.3. The Labute approximate surface area is 106 Å². The molecule has 0 fully saturated rings. The molecule has 19 heavy (non-hydrogen) atoms. The van der Waals surface area contributed by atoms with Crippen LogP contribution in [-0.4, -0.2) is 15.7 Å². The van der Waals surface area contributed by atoms with E-state index in [1.165, 1.54) is 23.0 Å². The molecule has 1 heterocycles. The number of benzene rings is 1. The molecule has 2 aromatic rings. The fraction of sp³-hybridized carbons (Fsp3) is 0.0909. The van der Waals surface area contributed by atoms with E-state index >= 15 is 0 Å². The number of carbonyl (C=O) groups is 1. The second-order valence-electron chi connectivity index (χ2n) is 3.56. The zero-order valence-corrected chi connectivity index (χ0v) is 9.64. The Hall–Kier alpha value is -2.48. The summed E-state index contributed by atoms with van der Waals surface area (Å²) in [7, 11) is 0. The maximum atomic E-state index is 13.3. The van der Waals surface area contributed by atoms with Crippen LogP contribution in [0.4, 0.5) is 8.78 Å². The third kappa shape index (κ3) is 3.05. The number of ether oxygens (including phenoxy) is 1. The van der Waals surface area contributed by atoms with Gasteiger partial charge in [0.05, 0.1) is 0 Å². The Morgan fingerprint density at radius 3 is 2.89 bits per heavy atom. The zero-order valence-electron chi connectivity index (χ0n) is 9.64. The van der Waals surface area contributed by atoms with E-state index in [-0.39, 0.29) is 18.2 Å². The number of nitrogens with zero attached hydrogens (tertiary/aromatic N) is 2. The molecule has 0 bridgehead atoms. The van der Waals surface area contributed by atoms with E-state index in [9.17, 15) is 13.6 Å². The quantitative estimate of drug-likeness (QED) is 0.488. The highest BCUT2D eigenvalue weighted by Gasteiger charge is 2.08. The van der Waals surface area contributed by atoms with Crippen molar-refractivity contribution in [2.75, 3.05) is 0 Å². The molecule has 6 nitrogen and oxygen atoms in total. The summed E-state index contributed by atoms with van der Waals surface area (Å²) in [5.41, 5.74) is 2.03. The van der Waals surface area contributed by atoms with Crippen molar-refractivity contribution in [1.29, 1.82) is 0 Å². The van der Waals surface area contributed by atoms with Gasteiger partial charge in [0.1, 0.15) is 5.82 Å². The van der Waals surface area contributed by atoms with Crippen LogP contribution in [0.1, 0.15) is 10.5 Å². The molecule has 0 unspecified atom stereocenters. The van der Waals surface area contributed by atoms with Gasteiger partial charge in [-0.3, -0.25) is 10.2 Å². The maximum Gasteiger partial charge on any atom is 0.285 e. The Balaban J connectivity index is 2.02. The number of halogens is 2. The minimum absolute atomic E-state index is 0.102. The van der Waals surface area contributed by atoms with E-state index in [1.807, 2.05) is 5.43 Å². The molecular formula is C11H10F2N4O2. The van der Waals surface area contributed by atoms with Crippen LogP contribution >= 0.6 is 0 Å². The van der Waals surface area contributed by atoms with Gasteiger partial charge >= 0.3 is 0 Å². The van der Waals surface area contributed by atoms with Crippen molar-refractivity contribution in [3.63, 3.8) is 0 Å². The van der Waals surface area contributed by atoms with Gasteiger partial charge in [0, 0.05) is 12.3 Å². The van der Waals surface area contributed by atoms with Crippen LogP contribution in [0.3, 0.4) is 0 Å². The van der Waals surface area contributed by atoms with Crippen LogP contribution in [0.25, 0.3) is 0 Å².